The maximum atomic E-state index is 12.1. The first-order valence-corrected chi connectivity index (χ1v) is 8.11. The Balaban J connectivity index is 1.57. The minimum absolute atomic E-state index is 0.228. The van der Waals surface area contributed by atoms with E-state index < -0.39 is 0 Å². The molecule has 2 aromatic rings. The number of amides is 1. The molecular formula is C19H18N4O2. The zero-order chi connectivity index (χ0) is 17.2. The number of guanidine groups is 1. The van der Waals surface area contributed by atoms with Crippen LogP contribution in [0.4, 0.5) is 11.4 Å². The highest BCUT2D eigenvalue weighted by molar-refractivity contribution is 6.17. The van der Waals surface area contributed by atoms with Gasteiger partial charge >= 0.3 is 0 Å². The first-order valence-electron chi connectivity index (χ1n) is 8.11. The molecule has 0 atom stereocenters. The summed E-state index contributed by atoms with van der Waals surface area (Å²) in [6.07, 6.45) is 1.76. The summed E-state index contributed by atoms with van der Waals surface area (Å²) in [6.45, 7) is 1.53. The minimum atomic E-state index is -0.228. The Morgan fingerprint density at radius 1 is 1.24 bits per heavy atom. The van der Waals surface area contributed by atoms with Crippen molar-refractivity contribution in [3.63, 3.8) is 0 Å². The normalized spacial score (nSPS) is 17.6. The number of likely N-dealkylation sites (N-methyl/N-ethyl adjacent to an activating group) is 1. The molecule has 2 N–H and O–H groups in total. The number of nitrogens with zero attached hydrogens (tertiary/aromatic N) is 2. The number of carbonyl (C=O) groups is 1. The number of anilines is 2. The van der Waals surface area contributed by atoms with E-state index in [4.69, 9.17) is 4.74 Å². The van der Waals surface area contributed by atoms with Crippen molar-refractivity contribution in [2.24, 2.45) is 4.99 Å². The number of para-hydroxylation sites is 1. The predicted octanol–water partition coefficient (Wildman–Crippen LogP) is 2.45. The Hall–Kier alpha value is -3.28. The van der Waals surface area contributed by atoms with Crippen molar-refractivity contribution < 1.29 is 9.53 Å². The van der Waals surface area contributed by atoms with Crippen LogP contribution in [0.2, 0.25) is 0 Å². The van der Waals surface area contributed by atoms with Gasteiger partial charge < -0.3 is 15.0 Å². The molecule has 0 saturated carbocycles. The van der Waals surface area contributed by atoms with Crippen LogP contribution in [0.1, 0.15) is 5.56 Å². The van der Waals surface area contributed by atoms with E-state index in [1.807, 2.05) is 55.6 Å². The Morgan fingerprint density at radius 2 is 2.08 bits per heavy atom. The third kappa shape index (κ3) is 3.19. The minimum Gasteiger partial charge on any atom is -0.490 e. The molecule has 0 fully saturated rings. The third-order valence-electron chi connectivity index (χ3n) is 4.12. The molecule has 0 unspecified atom stereocenters. The van der Waals surface area contributed by atoms with Gasteiger partial charge in [-0.3, -0.25) is 10.1 Å². The molecule has 0 aromatic heterocycles. The quantitative estimate of drug-likeness (QED) is 0.828. The maximum absolute atomic E-state index is 12.1. The Morgan fingerprint density at radius 3 is 2.92 bits per heavy atom. The fourth-order valence-electron chi connectivity index (χ4n) is 2.81. The van der Waals surface area contributed by atoms with Crippen molar-refractivity contribution in [2.75, 3.05) is 30.4 Å². The van der Waals surface area contributed by atoms with E-state index in [0.29, 0.717) is 18.3 Å². The lowest BCUT2D eigenvalue weighted by atomic mass is 10.1. The van der Waals surface area contributed by atoms with E-state index in [0.717, 1.165) is 29.2 Å². The standard InChI is InChI=1S/C19H18N4O2/c1-23-9-10-25-17-12-13(7-8-16(17)23)11-15-18(24)22-19(21-15)20-14-5-3-2-4-6-14/h2-8,11-12H,9-10H2,1H3,(H2,20,21,22,24). The van der Waals surface area contributed by atoms with Gasteiger partial charge in [0.25, 0.3) is 5.91 Å². The summed E-state index contributed by atoms with van der Waals surface area (Å²) in [5.74, 6) is 1.03. The van der Waals surface area contributed by atoms with Gasteiger partial charge in [-0.1, -0.05) is 24.3 Å². The van der Waals surface area contributed by atoms with Gasteiger partial charge in [-0.15, -0.1) is 0 Å². The van der Waals surface area contributed by atoms with Crippen molar-refractivity contribution in [2.45, 2.75) is 0 Å². The first-order chi connectivity index (χ1) is 12.2. The number of hydrogen-bond acceptors (Lipinski definition) is 5. The molecule has 126 valence electrons. The molecule has 2 aliphatic rings. The molecule has 4 rings (SSSR count). The van der Waals surface area contributed by atoms with Gasteiger partial charge in [-0.2, -0.15) is 0 Å². The van der Waals surface area contributed by atoms with E-state index in [1.165, 1.54) is 0 Å². The van der Waals surface area contributed by atoms with E-state index >= 15 is 0 Å². The lowest BCUT2D eigenvalue weighted by Crippen LogP contribution is -2.29. The third-order valence-corrected chi connectivity index (χ3v) is 4.12. The number of hydrogen-bond donors (Lipinski definition) is 2. The van der Waals surface area contributed by atoms with Crippen LogP contribution >= 0.6 is 0 Å². The Labute approximate surface area is 145 Å². The second kappa shape index (κ2) is 6.32. The monoisotopic (exact) mass is 334 g/mol. The average Bonchev–Trinajstić information content (AvgIpc) is 2.95. The van der Waals surface area contributed by atoms with Crippen LogP contribution in [0.5, 0.6) is 5.75 Å². The van der Waals surface area contributed by atoms with Gasteiger partial charge in [-0.05, 0) is 35.9 Å². The molecule has 6 heteroatoms. The molecule has 2 aliphatic heterocycles. The number of ether oxygens (including phenoxy) is 1. The topological polar surface area (TPSA) is 66.0 Å². The summed E-state index contributed by atoms with van der Waals surface area (Å²) in [5.41, 5.74) is 3.17. The lowest BCUT2D eigenvalue weighted by molar-refractivity contribution is -0.115. The zero-order valence-electron chi connectivity index (χ0n) is 13.8. The number of carbonyl (C=O) groups excluding carboxylic acids is 1. The zero-order valence-corrected chi connectivity index (χ0v) is 13.8. The van der Waals surface area contributed by atoms with Crippen molar-refractivity contribution >= 4 is 29.3 Å². The van der Waals surface area contributed by atoms with Gasteiger partial charge in [0.15, 0.2) is 0 Å². The molecular weight excluding hydrogens is 316 g/mol. The van der Waals surface area contributed by atoms with Gasteiger partial charge in [-0.25, -0.2) is 4.99 Å². The highest BCUT2D eigenvalue weighted by atomic mass is 16.5. The van der Waals surface area contributed by atoms with Crippen LogP contribution in [0.3, 0.4) is 0 Å². The van der Waals surface area contributed by atoms with Crippen LogP contribution in [0.15, 0.2) is 59.2 Å². The van der Waals surface area contributed by atoms with Gasteiger partial charge in [0, 0.05) is 12.7 Å². The molecule has 6 nitrogen and oxygen atoms in total. The molecule has 0 aliphatic carbocycles. The van der Waals surface area contributed by atoms with Crippen molar-refractivity contribution in [3.8, 4) is 5.75 Å². The Kier molecular flexibility index (Phi) is 3.85. The molecule has 1 amide bonds. The lowest BCUT2D eigenvalue weighted by Gasteiger charge is -2.27. The van der Waals surface area contributed by atoms with E-state index in [-0.39, 0.29) is 5.91 Å². The van der Waals surface area contributed by atoms with Gasteiger partial charge in [0.1, 0.15) is 18.1 Å². The van der Waals surface area contributed by atoms with Crippen molar-refractivity contribution in [3.05, 3.63) is 59.8 Å². The highest BCUT2D eigenvalue weighted by Gasteiger charge is 2.21. The SMILES string of the molecule is CN1CCOc2cc(C=C3N=C(Nc4ccccc4)NC3=O)ccc21. The van der Waals surface area contributed by atoms with Crippen LogP contribution in [-0.4, -0.2) is 32.1 Å². The molecule has 2 heterocycles. The fourth-order valence-corrected chi connectivity index (χ4v) is 2.81. The molecule has 2 aromatic carbocycles. The first kappa shape index (κ1) is 15.3. The molecule has 0 spiro atoms. The van der Waals surface area contributed by atoms with Crippen LogP contribution < -0.4 is 20.3 Å². The second-order valence-electron chi connectivity index (χ2n) is 5.93. The Bertz CT molecular complexity index is 874. The van der Waals surface area contributed by atoms with Crippen LogP contribution in [0.25, 0.3) is 6.08 Å². The molecule has 0 bridgehead atoms. The van der Waals surface area contributed by atoms with Crippen molar-refractivity contribution in [1.29, 1.82) is 0 Å². The number of aliphatic imine (C=N–C) groups is 1. The summed E-state index contributed by atoms with van der Waals surface area (Å²) < 4.78 is 5.71. The molecule has 0 radical (unpaired) electrons. The number of nitrogens with one attached hydrogen (secondary N) is 2. The second-order valence-corrected chi connectivity index (χ2v) is 5.93. The summed E-state index contributed by atoms with van der Waals surface area (Å²) in [6, 6.07) is 15.5. The predicted molar refractivity (Wildman–Crippen MR) is 98.8 cm³/mol. The fraction of sp³-hybridized carbons (Fsp3) is 0.158. The summed E-state index contributed by atoms with van der Waals surface area (Å²) in [5, 5.41) is 5.82. The summed E-state index contributed by atoms with van der Waals surface area (Å²) in [7, 11) is 2.04. The maximum Gasteiger partial charge on any atom is 0.276 e. The van der Waals surface area contributed by atoms with Crippen LogP contribution in [-0.2, 0) is 4.79 Å². The van der Waals surface area contributed by atoms with Crippen molar-refractivity contribution in [1.82, 2.24) is 5.32 Å². The van der Waals surface area contributed by atoms with E-state index in [1.54, 1.807) is 6.08 Å². The summed E-state index contributed by atoms with van der Waals surface area (Å²) >= 11 is 0. The number of benzene rings is 2. The number of rotatable bonds is 2. The van der Waals surface area contributed by atoms with E-state index in [2.05, 4.69) is 20.5 Å². The van der Waals surface area contributed by atoms with E-state index in [9.17, 15) is 4.79 Å². The molecule has 0 saturated heterocycles. The smallest absolute Gasteiger partial charge is 0.276 e. The summed E-state index contributed by atoms with van der Waals surface area (Å²) in [4.78, 5) is 18.6. The highest BCUT2D eigenvalue weighted by Crippen LogP contribution is 2.32. The largest absolute Gasteiger partial charge is 0.490 e. The average molecular weight is 334 g/mol. The van der Waals surface area contributed by atoms with Gasteiger partial charge in [0.05, 0.1) is 12.2 Å². The van der Waals surface area contributed by atoms with Gasteiger partial charge in [0.2, 0.25) is 5.96 Å². The number of fused-ring (bicyclic) bond motifs is 1. The molecule has 25 heavy (non-hydrogen) atoms. The van der Waals surface area contributed by atoms with Crippen LogP contribution in [0, 0.1) is 0 Å².